The van der Waals surface area contributed by atoms with E-state index in [1.165, 1.54) is 6.92 Å². The minimum absolute atomic E-state index is 0.0303. The maximum absolute atomic E-state index is 12.3. The van der Waals surface area contributed by atoms with Gasteiger partial charge in [-0.1, -0.05) is 0 Å². The van der Waals surface area contributed by atoms with E-state index in [9.17, 15) is 24.6 Å². The van der Waals surface area contributed by atoms with E-state index in [2.05, 4.69) is 4.74 Å². The van der Waals surface area contributed by atoms with Crippen molar-refractivity contribution in [1.29, 1.82) is 0 Å². The third kappa shape index (κ3) is 2.46. The van der Waals surface area contributed by atoms with E-state index in [-0.39, 0.29) is 10.1 Å². The molecule has 0 amide bonds. The Balaban J connectivity index is 2.58. The third-order valence-electron chi connectivity index (χ3n) is 3.43. The van der Waals surface area contributed by atoms with Gasteiger partial charge < -0.3 is 24.8 Å². The van der Waals surface area contributed by atoms with Crippen LogP contribution < -0.4 is 11.2 Å². The van der Waals surface area contributed by atoms with Crippen LogP contribution in [0.1, 0.15) is 11.8 Å². The summed E-state index contributed by atoms with van der Waals surface area (Å²) in [6.45, 7) is 0.790. The fourth-order valence-electron chi connectivity index (χ4n) is 2.24. The number of aryl methyl sites for hydroxylation is 1. The summed E-state index contributed by atoms with van der Waals surface area (Å²) in [7, 11) is 1.01. The fraction of sp³-hybridized carbons (Fsp3) is 0.583. The third-order valence-corrected chi connectivity index (χ3v) is 3.43. The molecule has 10 nitrogen and oxygen atoms in total. The van der Waals surface area contributed by atoms with E-state index < -0.39 is 48.5 Å². The first-order valence-corrected chi connectivity index (χ1v) is 6.39. The number of hydrogen-bond donors (Lipinski definition) is 3. The van der Waals surface area contributed by atoms with Crippen molar-refractivity contribution in [2.45, 2.75) is 31.5 Å². The summed E-state index contributed by atoms with van der Waals surface area (Å²) in [5.74, 6) is 0. The van der Waals surface area contributed by atoms with Crippen LogP contribution in [0.5, 0.6) is 0 Å². The van der Waals surface area contributed by atoms with Gasteiger partial charge in [-0.05, 0) is 6.92 Å². The molecule has 122 valence electrons. The number of carbonyl (C=O) groups excluding carboxylic acids is 1. The van der Waals surface area contributed by atoms with Gasteiger partial charge in [-0.3, -0.25) is 9.36 Å². The maximum atomic E-state index is 12.3. The lowest BCUT2D eigenvalue weighted by Crippen LogP contribution is -2.47. The van der Waals surface area contributed by atoms with Gasteiger partial charge in [0.15, 0.2) is 6.23 Å². The van der Waals surface area contributed by atoms with Crippen molar-refractivity contribution in [1.82, 2.24) is 9.13 Å². The number of methoxy groups -OCH3 is 1. The zero-order chi connectivity index (χ0) is 16.6. The molecule has 2 heterocycles. The molecule has 2 rings (SSSR count). The normalized spacial score (nSPS) is 27.9. The van der Waals surface area contributed by atoms with Gasteiger partial charge >= 0.3 is 11.8 Å². The fourth-order valence-corrected chi connectivity index (χ4v) is 2.24. The Labute approximate surface area is 123 Å². The summed E-state index contributed by atoms with van der Waals surface area (Å²) in [5, 5.41) is 28.7. The number of rotatable bonds is 2. The first-order valence-electron chi connectivity index (χ1n) is 6.39. The first-order chi connectivity index (χ1) is 10.3. The quantitative estimate of drug-likeness (QED) is 0.546. The van der Waals surface area contributed by atoms with Gasteiger partial charge in [0.2, 0.25) is 0 Å². The molecule has 4 atom stereocenters. The van der Waals surface area contributed by atoms with Crippen molar-refractivity contribution in [3.05, 3.63) is 32.6 Å². The summed E-state index contributed by atoms with van der Waals surface area (Å²) in [5.41, 5.74) is -1.92. The number of carbonyl (C=O) groups is 1. The van der Waals surface area contributed by atoms with Gasteiger partial charge in [-0.2, -0.15) is 4.57 Å². The average Bonchev–Trinajstić information content (AvgIpc) is 2.78. The molecule has 1 fully saturated rings. The molecule has 1 saturated heterocycles. The summed E-state index contributed by atoms with van der Waals surface area (Å²) in [6, 6.07) is 0. The van der Waals surface area contributed by atoms with E-state index in [0.29, 0.717) is 0 Å². The summed E-state index contributed by atoms with van der Waals surface area (Å²) >= 11 is 0. The van der Waals surface area contributed by atoms with E-state index in [4.69, 9.17) is 9.84 Å². The summed E-state index contributed by atoms with van der Waals surface area (Å²) < 4.78 is 10.6. The zero-order valence-corrected chi connectivity index (χ0v) is 11.9. The molecule has 1 aliphatic rings. The first kappa shape index (κ1) is 16.4. The Bertz CT molecular complexity index is 693. The van der Waals surface area contributed by atoms with E-state index >= 15 is 0 Å². The van der Waals surface area contributed by atoms with Gasteiger partial charge in [0.05, 0.1) is 13.7 Å². The Morgan fingerprint density at radius 3 is 2.50 bits per heavy atom. The molecule has 10 heteroatoms. The van der Waals surface area contributed by atoms with Crippen LogP contribution in [-0.2, 0) is 9.47 Å². The Morgan fingerprint density at radius 1 is 1.36 bits per heavy atom. The van der Waals surface area contributed by atoms with Crippen LogP contribution in [0, 0.1) is 6.92 Å². The molecule has 0 radical (unpaired) electrons. The molecule has 1 aliphatic heterocycles. The van der Waals surface area contributed by atoms with Gasteiger partial charge in [0, 0.05) is 11.8 Å². The van der Waals surface area contributed by atoms with E-state index in [0.717, 1.165) is 17.9 Å². The number of hydrogen-bond acceptors (Lipinski definition) is 8. The molecule has 0 bridgehead atoms. The van der Waals surface area contributed by atoms with E-state index in [1.54, 1.807) is 0 Å². The van der Waals surface area contributed by atoms with Crippen LogP contribution in [0.4, 0.5) is 4.79 Å². The highest BCUT2D eigenvalue weighted by Gasteiger charge is 2.44. The topological polar surface area (TPSA) is 140 Å². The van der Waals surface area contributed by atoms with Crippen LogP contribution in [0.3, 0.4) is 0 Å². The minimum atomic E-state index is -1.52. The monoisotopic (exact) mass is 316 g/mol. The molecule has 0 spiro atoms. The van der Waals surface area contributed by atoms with Crippen molar-refractivity contribution >= 4 is 6.09 Å². The highest BCUT2D eigenvalue weighted by atomic mass is 16.6. The van der Waals surface area contributed by atoms with Crippen LogP contribution >= 0.6 is 0 Å². The number of aliphatic hydroxyl groups excluding tert-OH is 3. The molecule has 0 unspecified atom stereocenters. The predicted molar refractivity (Wildman–Crippen MR) is 70.5 cm³/mol. The van der Waals surface area contributed by atoms with Crippen molar-refractivity contribution in [3.8, 4) is 0 Å². The van der Waals surface area contributed by atoms with Gasteiger partial charge in [-0.25, -0.2) is 9.59 Å². The van der Waals surface area contributed by atoms with Crippen LogP contribution in [-0.4, -0.2) is 62.6 Å². The maximum Gasteiger partial charge on any atom is 0.425 e. The number of ether oxygens (including phenoxy) is 2. The molecule has 1 aromatic heterocycles. The Morgan fingerprint density at radius 2 is 2.00 bits per heavy atom. The van der Waals surface area contributed by atoms with Crippen molar-refractivity contribution in [2.24, 2.45) is 0 Å². The molecule has 0 aromatic carbocycles. The molecular formula is C12H16N2O8. The second kappa shape index (κ2) is 6.01. The smallest absolute Gasteiger partial charge is 0.425 e. The lowest BCUT2D eigenvalue weighted by molar-refractivity contribution is -0.0555. The number of aromatic nitrogens is 2. The van der Waals surface area contributed by atoms with Crippen molar-refractivity contribution in [2.75, 3.05) is 13.7 Å². The molecule has 1 aromatic rings. The number of nitrogens with zero attached hydrogens (tertiary/aromatic N) is 2. The van der Waals surface area contributed by atoms with Crippen LogP contribution in [0.25, 0.3) is 0 Å². The van der Waals surface area contributed by atoms with E-state index in [1.807, 2.05) is 0 Å². The lowest BCUT2D eigenvalue weighted by Gasteiger charge is -2.19. The largest absolute Gasteiger partial charge is 0.452 e. The molecular weight excluding hydrogens is 300 g/mol. The highest BCUT2D eigenvalue weighted by molar-refractivity contribution is 5.69. The van der Waals surface area contributed by atoms with Gasteiger partial charge in [0.25, 0.3) is 5.56 Å². The predicted octanol–water partition coefficient (Wildman–Crippen LogP) is -2.46. The van der Waals surface area contributed by atoms with Crippen LogP contribution in [0.2, 0.25) is 0 Å². The van der Waals surface area contributed by atoms with Crippen LogP contribution in [0.15, 0.2) is 15.8 Å². The Hall–Kier alpha value is -2.01. The zero-order valence-electron chi connectivity index (χ0n) is 11.9. The molecule has 0 saturated carbocycles. The molecule has 22 heavy (non-hydrogen) atoms. The van der Waals surface area contributed by atoms with Crippen molar-refractivity contribution in [3.63, 3.8) is 0 Å². The lowest BCUT2D eigenvalue weighted by atomic mass is 10.1. The average molecular weight is 316 g/mol. The summed E-state index contributed by atoms with van der Waals surface area (Å²) in [6.07, 6.45) is -5.46. The summed E-state index contributed by atoms with van der Waals surface area (Å²) in [4.78, 5) is 35.7. The second-order valence-corrected chi connectivity index (χ2v) is 4.84. The minimum Gasteiger partial charge on any atom is -0.452 e. The molecule has 0 aliphatic carbocycles. The standard InChI is InChI=1S/C12H16N2O8/c1-5-3-13(10-8(17)7(16)6(4-15)22-10)11(19)14(9(5)18)12(20)21-2/h3,6-8,10,15-17H,4H2,1-2H3/t6-,7+,8-,10-/m1/s1. The Kier molecular flexibility index (Phi) is 4.47. The molecule has 3 N–H and O–H groups in total. The SMILES string of the molecule is COC(=O)n1c(=O)c(C)cn([C@@H]2O[C@H](CO)[C@H](O)[C@H]2O)c1=O. The number of aliphatic hydroxyl groups is 3. The second-order valence-electron chi connectivity index (χ2n) is 4.84. The van der Waals surface area contributed by atoms with Gasteiger partial charge in [0.1, 0.15) is 18.3 Å². The van der Waals surface area contributed by atoms with Gasteiger partial charge in [-0.15, -0.1) is 0 Å². The van der Waals surface area contributed by atoms with Crippen molar-refractivity contribution < 1.29 is 29.6 Å². The highest BCUT2D eigenvalue weighted by Crippen LogP contribution is 2.27.